The van der Waals surface area contributed by atoms with Crippen LogP contribution in [0.4, 0.5) is 0 Å². The molecule has 0 saturated heterocycles. The Hall–Kier alpha value is -3.02. The number of nitrogens with one attached hydrogen (secondary N) is 2. The molecule has 2 N–H and O–H groups in total. The molecule has 0 aliphatic rings. The summed E-state index contributed by atoms with van der Waals surface area (Å²) in [7, 11) is 1.58. The van der Waals surface area contributed by atoms with Gasteiger partial charge in [-0.2, -0.15) is 0 Å². The Bertz CT molecular complexity index is 742. The van der Waals surface area contributed by atoms with Crippen LogP contribution in [-0.4, -0.2) is 25.5 Å². The Kier molecular flexibility index (Phi) is 6.39. The minimum Gasteiger partial charge on any atom is -0.497 e. The Labute approximate surface area is 147 Å². The molecule has 6 heteroatoms. The highest BCUT2D eigenvalue weighted by atomic mass is 16.5. The maximum absolute atomic E-state index is 11.8. The number of rotatable bonds is 6. The molecule has 0 aliphatic heterocycles. The number of aryl methyl sites for hydroxylation is 2. The molecule has 2 aromatic rings. The van der Waals surface area contributed by atoms with Crippen LogP contribution in [-0.2, 0) is 16.0 Å². The van der Waals surface area contributed by atoms with Gasteiger partial charge in [0.25, 0.3) is 5.91 Å². The van der Waals surface area contributed by atoms with Crippen LogP contribution in [0.25, 0.3) is 0 Å². The molecule has 0 radical (unpaired) electrons. The van der Waals surface area contributed by atoms with Crippen molar-refractivity contribution in [1.82, 2.24) is 10.9 Å². The van der Waals surface area contributed by atoms with Gasteiger partial charge in [-0.05, 0) is 48.7 Å². The lowest BCUT2D eigenvalue weighted by atomic mass is 10.1. The first kappa shape index (κ1) is 18.3. The van der Waals surface area contributed by atoms with Gasteiger partial charge in [-0.25, -0.2) is 0 Å². The van der Waals surface area contributed by atoms with Crippen LogP contribution in [0.5, 0.6) is 11.5 Å². The molecule has 0 unspecified atom stereocenters. The van der Waals surface area contributed by atoms with Crippen molar-refractivity contribution in [3.05, 3.63) is 59.2 Å². The predicted octanol–water partition coefficient (Wildman–Crippen LogP) is 2.08. The van der Waals surface area contributed by atoms with Crippen LogP contribution < -0.4 is 20.3 Å². The monoisotopic (exact) mass is 342 g/mol. The molecule has 0 bridgehead atoms. The molecule has 25 heavy (non-hydrogen) atoms. The Morgan fingerprint density at radius 3 is 2.32 bits per heavy atom. The molecule has 0 aliphatic carbocycles. The number of hydrazine groups is 1. The van der Waals surface area contributed by atoms with E-state index < -0.39 is 5.91 Å². The normalized spacial score (nSPS) is 10.0. The Morgan fingerprint density at radius 2 is 1.64 bits per heavy atom. The number of carbonyl (C=O) groups is 2. The maximum atomic E-state index is 11.8. The van der Waals surface area contributed by atoms with E-state index in [1.54, 1.807) is 31.4 Å². The van der Waals surface area contributed by atoms with Crippen molar-refractivity contribution in [1.29, 1.82) is 0 Å². The van der Waals surface area contributed by atoms with Gasteiger partial charge in [0.05, 0.1) is 13.5 Å². The van der Waals surface area contributed by atoms with Gasteiger partial charge in [-0.3, -0.25) is 20.4 Å². The zero-order valence-corrected chi connectivity index (χ0v) is 14.6. The molecule has 2 amide bonds. The van der Waals surface area contributed by atoms with Gasteiger partial charge < -0.3 is 9.47 Å². The van der Waals surface area contributed by atoms with Crippen LogP contribution in [0.1, 0.15) is 16.7 Å². The number of amides is 2. The number of hydrogen-bond donors (Lipinski definition) is 2. The van der Waals surface area contributed by atoms with E-state index in [-0.39, 0.29) is 18.9 Å². The van der Waals surface area contributed by atoms with Gasteiger partial charge in [-0.1, -0.05) is 24.3 Å². The molecule has 0 spiro atoms. The first-order valence-electron chi connectivity index (χ1n) is 7.88. The first-order valence-corrected chi connectivity index (χ1v) is 7.88. The smallest absolute Gasteiger partial charge is 0.276 e. The third-order valence-corrected chi connectivity index (χ3v) is 3.57. The Morgan fingerprint density at radius 1 is 0.960 bits per heavy atom. The van der Waals surface area contributed by atoms with Crippen molar-refractivity contribution < 1.29 is 19.1 Å². The van der Waals surface area contributed by atoms with Crippen LogP contribution in [0.15, 0.2) is 42.5 Å². The molecule has 132 valence electrons. The van der Waals surface area contributed by atoms with E-state index >= 15 is 0 Å². The van der Waals surface area contributed by atoms with E-state index in [4.69, 9.17) is 9.47 Å². The van der Waals surface area contributed by atoms with Crippen molar-refractivity contribution >= 4 is 11.8 Å². The summed E-state index contributed by atoms with van der Waals surface area (Å²) in [5.74, 6) is 0.634. The highest BCUT2D eigenvalue weighted by Crippen LogP contribution is 2.18. The van der Waals surface area contributed by atoms with E-state index in [1.807, 2.05) is 32.0 Å². The second-order valence-corrected chi connectivity index (χ2v) is 5.68. The average molecular weight is 342 g/mol. The quantitative estimate of drug-likeness (QED) is 0.788. The van der Waals surface area contributed by atoms with Crippen molar-refractivity contribution in [3.63, 3.8) is 0 Å². The molecule has 0 heterocycles. The lowest BCUT2D eigenvalue weighted by Crippen LogP contribution is -2.44. The standard InChI is InChI=1S/C19H22N2O4/c1-13-4-5-14(2)17(10-13)25-12-19(23)21-20-18(22)11-15-6-8-16(24-3)9-7-15/h4-10H,11-12H2,1-3H3,(H,20,22)(H,21,23). The summed E-state index contributed by atoms with van der Waals surface area (Å²) in [6, 6.07) is 12.9. The van der Waals surface area contributed by atoms with Gasteiger partial charge in [0.1, 0.15) is 11.5 Å². The minimum atomic E-state index is -0.427. The van der Waals surface area contributed by atoms with Gasteiger partial charge >= 0.3 is 0 Å². The Balaban J connectivity index is 1.75. The summed E-state index contributed by atoms with van der Waals surface area (Å²) in [6.07, 6.45) is 0.155. The van der Waals surface area contributed by atoms with Crippen LogP contribution in [0.2, 0.25) is 0 Å². The minimum absolute atomic E-state index is 0.155. The average Bonchev–Trinajstić information content (AvgIpc) is 2.61. The van der Waals surface area contributed by atoms with E-state index in [9.17, 15) is 9.59 Å². The third kappa shape index (κ3) is 5.84. The predicted molar refractivity (Wildman–Crippen MR) is 94.4 cm³/mol. The van der Waals surface area contributed by atoms with Crippen molar-refractivity contribution in [3.8, 4) is 11.5 Å². The third-order valence-electron chi connectivity index (χ3n) is 3.57. The lowest BCUT2D eigenvalue weighted by Gasteiger charge is -2.11. The molecule has 0 saturated carbocycles. The van der Waals surface area contributed by atoms with Crippen LogP contribution in [0.3, 0.4) is 0 Å². The van der Waals surface area contributed by atoms with E-state index in [0.29, 0.717) is 5.75 Å². The molecule has 6 nitrogen and oxygen atoms in total. The van der Waals surface area contributed by atoms with Crippen LogP contribution >= 0.6 is 0 Å². The SMILES string of the molecule is COc1ccc(CC(=O)NNC(=O)COc2cc(C)ccc2C)cc1. The maximum Gasteiger partial charge on any atom is 0.276 e. The van der Waals surface area contributed by atoms with E-state index in [1.165, 1.54) is 0 Å². The fourth-order valence-corrected chi connectivity index (χ4v) is 2.15. The fraction of sp³-hybridized carbons (Fsp3) is 0.263. The molecule has 2 aromatic carbocycles. The summed E-state index contributed by atoms with van der Waals surface area (Å²) in [5, 5.41) is 0. The van der Waals surface area contributed by atoms with Gasteiger partial charge in [-0.15, -0.1) is 0 Å². The molecular formula is C19H22N2O4. The molecule has 0 atom stereocenters. The molecule has 2 rings (SSSR count). The van der Waals surface area contributed by atoms with E-state index in [0.717, 1.165) is 22.4 Å². The molecule has 0 aromatic heterocycles. The van der Waals surface area contributed by atoms with Gasteiger partial charge in [0.15, 0.2) is 6.61 Å². The molecular weight excluding hydrogens is 320 g/mol. The first-order chi connectivity index (χ1) is 12.0. The van der Waals surface area contributed by atoms with Gasteiger partial charge in [0, 0.05) is 0 Å². The highest BCUT2D eigenvalue weighted by molar-refractivity contribution is 5.83. The van der Waals surface area contributed by atoms with Crippen molar-refractivity contribution in [2.75, 3.05) is 13.7 Å². The highest BCUT2D eigenvalue weighted by Gasteiger charge is 2.08. The van der Waals surface area contributed by atoms with E-state index in [2.05, 4.69) is 10.9 Å². The summed E-state index contributed by atoms with van der Waals surface area (Å²) in [6.45, 7) is 3.68. The second-order valence-electron chi connectivity index (χ2n) is 5.68. The van der Waals surface area contributed by atoms with Gasteiger partial charge in [0.2, 0.25) is 5.91 Å². The number of hydrogen-bond acceptors (Lipinski definition) is 4. The number of carbonyl (C=O) groups excluding carboxylic acids is 2. The number of ether oxygens (including phenoxy) is 2. The fourth-order valence-electron chi connectivity index (χ4n) is 2.15. The lowest BCUT2D eigenvalue weighted by molar-refractivity contribution is -0.129. The van der Waals surface area contributed by atoms with Crippen LogP contribution in [0, 0.1) is 13.8 Å². The number of methoxy groups -OCH3 is 1. The second kappa shape index (κ2) is 8.73. The zero-order valence-electron chi connectivity index (χ0n) is 14.6. The number of benzene rings is 2. The largest absolute Gasteiger partial charge is 0.497 e. The zero-order chi connectivity index (χ0) is 18.2. The molecule has 0 fully saturated rings. The topological polar surface area (TPSA) is 76.7 Å². The summed E-state index contributed by atoms with van der Waals surface area (Å²) >= 11 is 0. The van der Waals surface area contributed by atoms with Crippen molar-refractivity contribution in [2.45, 2.75) is 20.3 Å². The summed E-state index contributed by atoms with van der Waals surface area (Å²) < 4.78 is 10.5. The van der Waals surface area contributed by atoms with Crippen molar-refractivity contribution in [2.24, 2.45) is 0 Å². The summed E-state index contributed by atoms with van der Waals surface area (Å²) in [5.41, 5.74) is 7.53. The summed E-state index contributed by atoms with van der Waals surface area (Å²) in [4.78, 5) is 23.6.